The number of carbonyl (C=O) groups is 1. The third-order valence-corrected chi connectivity index (χ3v) is 5.65. The second kappa shape index (κ2) is 7.02. The van der Waals surface area contributed by atoms with Crippen molar-refractivity contribution < 1.29 is 14.5 Å². The Bertz CT molecular complexity index is 733. The van der Waals surface area contributed by atoms with Crippen molar-refractivity contribution in [2.75, 3.05) is 31.1 Å². The number of non-ortho nitro benzene ring substituents is 1. The highest BCUT2D eigenvalue weighted by Gasteiger charge is 2.42. The number of piperidine rings is 1. The molecule has 1 aromatic carbocycles. The lowest BCUT2D eigenvalue weighted by atomic mass is 9.78. The number of hydrogen-bond acceptors (Lipinski definition) is 5. The zero-order chi connectivity index (χ0) is 19.8. The fourth-order valence-electron chi connectivity index (χ4n) is 4.15. The Kier molecular flexibility index (Phi) is 5.06. The second-order valence-electron chi connectivity index (χ2n) is 8.87. The van der Waals surface area contributed by atoms with Gasteiger partial charge in [-0.2, -0.15) is 0 Å². The van der Waals surface area contributed by atoms with E-state index in [1.165, 1.54) is 0 Å². The number of anilines is 1. The summed E-state index contributed by atoms with van der Waals surface area (Å²) < 4.78 is 5.49. The SMILES string of the molecule is Cc1cc([N+](=O)[O-])ccc1N1CCC2(CCN(C(=O)OC(C)(C)C)CC2)C1. The van der Waals surface area contributed by atoms with E-state index in [1.54, 1.807) is 12.1 Å². The quantitative estimate of drug-likeness (QED) is 0.574. The number of nitro benzene ring substituents is 1. The average molecular weight is 375 g/mol. The summed E-state index contributed by atoms with van der Waals surface area (Å²) in [5.74, 6) is 0. The van der Waals surface area contributed by atoms with Crippen molar-refractivity contribution in [1.82, 2.24) is 4.90 Å². The molecule has 148 valence electrons. The van der Waals surface area contributed by atoms with Gasteiger partial charge in [0.2, 0.25) is 0 Å². The van der Waals surface area contributed by atoms with E-state index < -0.39 is 5.60 Å². The molecule has 7 heteroatoms. The smallest absolute Gasteiger partial charge is 0.410 e. The van der Waals surface area contributed by atoms with Gasteiger partial charge in [-0.05, 0) is 64.0 Å². The van der Waals surface area contributed by atoms with E-state index in [4.69, 9.17) is 4.74 Å². The predicted octanol–water partition coefficient (Wildman–Crippen LogP) is 4.13. The molecule has 0 aromatic heterocycles. The topological polar surface area (TPSA) is 75.9 Å². The monoisotopic (exact) mass is 375 g/mol. The van der Waals surface area contributed by atoms with Crippen LogP contribution in [0.2, 0.25) is 0 Å². The molecule has 2 heterocycles. The normalized spacial score (nSPS) is 19.4. The highest BCUT2D eigenvalue weighted by Crippen LogP contribution is 2.43. The van der Waals surface area contributed by atoms with Crippen molar-refractivity contribution >= 4 is 17.5 Å². The van der Waals surface area contributed by atoms with Gasteiger partial charge in [0.1, 0.15) is 5.60 Å². The molecule has 0 atom stereocenters. The number of ether oxygens (including phenoxy) is 1. The van der Waals surface area contributed by atoms with E-state index in [1.807, 2.05) is 38.7 Å². The summed E-state index contributed by atoms with van der Waals surface area (Å²) in [7, 11) is 0. The maximum Gasteiger partial charge on any atom is 0.410 e. The third kappa shape index (κ3) is 4.34. The van der Waals surface area contributed by atoms with Gasteiger partial charge in [0.05, 0.1) is 4.92 Å². The molecular weight excluding hydrogens is 346 g/mol. The van der Waals surface area contributed by atoms with Crippen molar-refractivity contribution in [3.8, 4) is 0 Å². The molecule has 0 radical (unpaired) electrons. The minimum Gasteiger partial charge on any atom is -0.444 e. The number of nitrogens with zero attached hydrogens (tertiary/aromatic N) is 3. The fraction of sp³-hybridized carbons (Fsp3) is 0.650. The summed E-state index contributed by atoms with van der Waals surface area (Å²) in [5.41, 5.74) is 1.90. The lowest BCUT2D eigenvalue weighted by Gasteiger charge is -2.39. The molecule has 0 N–H and O–H groups in total. The van der Waals surface area contributed by atoms with Gasteiger partial charge in [0.15, 0.2) is 0 Å². The Morgan fingerprint density at radius 1 is 1.19 bits per heavy atom. The molecule has 1 spiro atoms. The van der Waals surface area contributed by atoms with E-state index in [0.29, 0.717) is 0 Å². The number of carbonyl (C=O) groups excluding carboxylic acids is 1. The Balaban J connectivity index is 1.62. The minimum atomic E-state index is -0.468. The van der Waals surface area contributed by atoms with Gasteiger partial charge in [0, 0.05) is 44.0 Å². The zero-order valence-corrected chi connectivity index (χ0v) is 16.7. The summed E-state index contributed by atoms with van der Waals surface area (Å²) in [5, 5.41) is 10.9. The molecule has 3 rings (SSSR count). The molecule has 0 saturated carbocycles. The summed E-state index contributed by atoms with van der Waals surface area (Å²) in [6.07, 6.45) is 2.80. The van der Waals surface area contributed by atoms with Gasteiger partial charge in [-0.3, -0.25) is 10.1 Å². The molecule has 2 saturated heterocycles. The molecule has 0 unspecified atom stereocenters. The van der Waals surface area contributed by atoms with E-state index in [2.05, 4.69) is 4.90 Å². The van der Waals surface area contributed by atoms with Crippen LogP contribution >= 0.6 is 0 Å². The highest BCUT2D eigenvalue weighted by atomic mass is 16.6. The Labute approximate surface area is 160 Å². The second-order valence-corrected chi connectivity index (χ2v) is 8.87. The molecular formula is C20H29N3O4. The molecule has 2 aliphatic rings. The standard InChI is InChI=1S/C20H29N3O4/c1-15-13-16(23(25)26)5-6-17(15)22-12-9-20(14-22)7-10-21(11-8-20)18(24)27-19(2,3)4/h5-6,13H,7-12,14H2,1-4H3. The summed E-state index contributed by atoms with van der Waals surface area (Å²) in [6.45, 7) is 10.9. The lowest BCUT2D eigenvalue weighted by Crippen LogP contribution is -2.46. The molecule has 0 aliphatic carbocycles. The van der Waals surface area contributed by atoms with Gasteiger partial charge >= 0.3 is 6.09 Å². The van der Waals surface area contributed by atoms with E-state index in [-0.39, 0.29) is 22.1 Å². The number of likely N-dealkylation sites (tertiary alicyclic amines) is 1. The van der Waals surface area contributed by atoms with Crippen molar-refractivity contribution in [3.63, 3.8) is 0 Å². The van der Waals surface area contributed by atoms with Gasteiger partial charge < -0.3 is 14.5 Å². The maximum atomic E-state index is 12.3. The summed E-state index contributed by atoms with van der Waals surface area (Å²) in [4.78, 5) is 27.0. The van der Waals surface area contributed by atoms with Crippen LogP contribution in [0.5, 0.6) is 0 Å². The Morgan fingerprint density at radius 2 is 1.81 bits per heavy atom. The fourth-order valence-corrected chi connectivity index (χ4v) is 4.15. The molecule has 1 amide bonds. The van der Waals surface area contributed by atoms with Crippen molar-refractivity contribution in [2.24, 2.45) is 5.41 Å². The van der Waals surface area contributed by atoms with Crippen LogP contribution in [0.1, 0.15) is 45.6 Å². The lowest BCUT2D eigenvalue weighted by molar-refractivity contribution is -0.384. The summed E-state index contributed by atoms with van der Waals surface area (Å²) >= 11 is 0. The Morgan fingerprint density at radius 3 is 2.37 bits per heavy atom. The summed E-state index contributed by atoms with van der Waals surface area (Å²) in [6, 6.07) is 5.09. The number of nitro groups is 1. The predicted molar refractivity (Wildman–Crippen MR) is 104 cm³/mol. The molecule has 2 fully saturated rings. The van der Waals surface area contributed by atoms with Crippen LogP contribution in [-0.4, -0.2) is 47.7 Å². The number of hydrogen-bond donors (Lipinski definition) is 0. The van der Waals surface area contributed by atoms with Gasteiger partial charge in [-0.15, -0.1) is 0 Å². The first-order valence-corrected chi connectivity index (χ1v) is 9.57. The van der Waals surface area contributed by atoms with E-state index >= 15 is 0 Å². The highest BCUT2D eigenvalue weighted by molar-refractivity contribution is 5.68. The first-order valence-electron chi connectivity index (χ1n) is 9.57. The first kappa shape index (κ1) is 19.5. The van der Waals surface area contributed by atoms with Crippen LogP contribution in [0.15, 0.2) is 18.2 Å². The van der Waals surface area contributed by atoms with Crippen LogP contribution in [0.25, 0.3) is 0 Å². The largest absolute Gasteiger partial charge is 0.444 e. The van der Waals surface area contributed by atoms with Crippen molar-refractivity contribution in [3.05, 3.63) is 33.9 Å². The molecule has 7 nitrogen and oxygen atoms in total. The third-order valence-electron chi connectivity index (χ3n) is 5.65. The van der Waals surface area contributed by atoms with E-state index in [0.717, 1.165) is 56.7 Å². The van der Waals surface area contributed by atoms with Crippen molar-refractivity contribution in [2.45, 2.75) is 52.6 Å². The molecule has 1 aromatic rings. The van der Waals surface area contributed by atoms with Crippen LogP contribution in [0.3, 0.4) is 0 Å². The first-order chi connectivity index (χ1) is 12.6. The number of amides is 1. The molecule has 0 bridgehead atoms. The van der Waals surface area contributed by atoms with Crippen LogP contribution in [-0.2, 0) is 4.74 Å². The van der Waals surface area contributed by atoms with Gasteiger partial charge in [-0.1, -0.05) is 0 Å². The Hall–Kier alpha value is -2.31. The molecule has 2 aliphatic heterocycles. The molecule has 27 heavy (non-hydrogen) atoms. The van der Waals surface area contributed by atoms with Crippen LogP contribution < -0.4 is 4.90 Å². The number of aryl methyl sites for hydroxylation is 1. The zero-order valence-electron chi connectivity index (χ0n) is 16.7. The van der Waals surface area contributed by atoms with Gasteiger partial charge in [0.25, 0.3) is 5.69 Å². The number of benzene rings is 1. The van der Waals surface area contributed by atoms with E-state index in [9.17, 15) is 14.9 Å². The van der Waals surface area contributed by atoms with Gasteiger partial charge in [-0.25, -0.2) is 4.79 Å². The van der Waals surface area contributed by atoms with Crippen molar-refractivity contribution in [1.29, 1.82) is 0 Å². The number of rotatable bonds is 2. The minimum absolute atomic E-state index is 0.135. The average Bonchev–Trinajstić information content (AvgIpc) is 2.97. The van der Waals surface area contributed by atoms with Crippen LogP contribution in [0.4, 0.5) is 16.2 Å². The van der Waals surface area contributed by atoms with Crippen LogP contribution in [0, 0.1) is 22.5 Å². The maximum absolute atomic E-state index is 12.3.